The maximum absolute atomic E-state index is 6.19. The van der Waals surface area contributed by atoms with Crippen LogP contribution in [-0.4, -0.2) is 19.2 Å². The van der Waals surface area contributed by atoms with Gasteiger partial charge in [0.05, 0.1) is 0 Å². The van der Waals surface area contributed by atoms with Gasteiger partial charge in [-0.3, -0.25) is 0 Å². The fourth-order valence-corrected chi connectivity index (χ4v) is 2.68. The van der Waals surface area contributed by atoms with Gasteiger partial charge in [-0.25, -0.2) is 0 Å². The molecule has 1 N–H and O–H groups in total. The first kappa shape index (κ1) is 11.8. The topological polar surface area (TPSA) is 21.3 Å². The Labute approximate surface area is 112 Å². The van der Waals surface area contributed by atoms with Crippen LogP contribution < -0.4 is 10.1 Å². The summed E-state index contributed by atoms with van der Waals surface area (Å²) >= 11 is 6.19. The van der Waals surface area contributed by atoms with Crippen molar-refractivity contribution in [2.24, 2.45) is 0 Å². The standard InChI is InChI=1S/C15H16ClNO/c16-14-7-8-15(13-6-2-1-5-12(13)14)18-10-11-4-3-9-17-11/h1-2,5-8,11,17H,3-4,9-10H2/t11-/m1/s1. The summed E-state index contributed by atoms with van der Waals surface area (Å²) in [5.74, 6) is 0.920. The van der Waals surface area contributed by atoms with E-state index in [2.05, 4.69) is 11.4 Å². The number of benzene rings is 2. The Balaban J connectivity index is 1.85. The quantitative estimate of drug-likeness (QED) is 0.911. The molecule has 1 atom stereocenters. The molecular formula is C15H16ClNO. The Morgan fingerprint density at radius 2 is 2.00 bits per heavy atom. The van der Waals surface area contributed by atoms with Gasteiger partial charge in [0.25, 0.3) is 0 Å². The van der Waals surface area contributed by atoms with Crippen LogP contribution in [-0.2, 0) is 0 Å². The zero-order valence-electron chi connectivity index (χ0n) is 10.2. The van der Waals surface area contributed by atoms with E-state index in [0.29, 0.717) is 6.04 Å². The van der Waals surface area contributed by atoms with E-state index in [1.165, 1.54) is 12.8 Å². The lowest BCUT2D eigenvalue weighted by Gasteiger charge is -2.14. The fraction of sp³-hybridized carbons (Fsp3) is 0.333. The summed E-state index contributed by atoms with van der Waals surface area (Å²) in [5.41, 5.74) is 0. The van der Waals surface area contributed by atoms with Crippen molar-refractivity contribution < 1.29 is 4.74 Å². The number of nitrogens with one attached hydrogen (secondary N) is 1. The molecule has 0 aromatic heterocycles. The van der Waals surface area contributed by atoms with Gasteiger partial charge in [-0.15, -0.1) is 0 Å². The van der Waals surface area contributed by atoms with Crippen LogP contribution in [0.15, 0.2) is 36.4 Å². The lowest BCUT2D eigenvalue weighted by atomic mass is 10.1. The average Bonchev–Trinajstić information content (AvgIpc) is 2.92. The molecule has 0 bridgehead atoms. The van der Waals surface area contributed by atoms with Gasteiger partial charge >= 0.3 is 0 Å². The molecule has 0 saturated carbocycles. The van der Waals surface area contributed by atoms with E-state index in [4.69, 9.17) is 16.3 Å². The second-order valence-electron chi connectivity index (χ2n) is 4.70. The number of halogens is 1. The Morgan fingerprint density at radius 3 is 2.78 bits per heavy atom. The van der Waals surface area contributed by atoms with E-state index in [-0.39, 0.29) is 0 Å². The van der Waals surface area contributed by atoms with E-state index in [1.54, 1.807) is 0 Å². The van der Waals surface area contributed by atoms with Crippen LogP contribution in [0.2, 0.25) is 5.02 Å². The van der Waals surface area contributed by atoms with Crippen molar-refractivity contribution in [3.05, 3.63) is 41.4 Å². The predicted octanol–water partition coefficient (Wildman–Crippen LogP) is 3.62. The second kappa shape index (κ2) is 5.17. The zero-order chi connectivity index (χ0) is 12.4. The summed E-state index contributed by atoms with van der Waals surface area (Å²) in [4.78, 5) is 0. The summed E-state index contributed by atoms with van der Waals surface area (Å²) in [5, 5.41) is 6.35. The highest BCUT2D eigenvalue weighted by atomic mass is 35.5. The van der Waals surface area contributed by atoms with Crippen LogP contribution in [0.5, 0.6) is 5.75 Å². The molecule has 2 nitrogen and oxygen atoms in total. The molecule has 1 heterocycles. The van der Waals surface area contributed by atoms with Crippen molar-refractivity contribution >= 4 is 22.4 Å². The van der Waals surface area contributed by atoms with Gasteiger partial charge in [0.1, 0.15) is 12.4 Å². The molecule has 0 amide bonds. The van der Waals surface area contributed by atoms with E-state index in [1.807, 2.05) is 30.3 Å². The van der Waals surface area contributed by atoms with Crippen molar-refractivity contribution in [1.82, 2.24) is 5.32 Å². The number of ether oxygens (including phenoxy) is 1. The largest absolute Gasteiger partial charge is 0.491 e. The molecule has 1 aliphatic heterocycles. The summed E-state index contributed by atoms with van der Waals surface area (Å²) in [6, 6.07) is 12.4. The van der Waals surface area contributed by atoms with Gasteiger partial charge in [0, 0.05) is 21.8 Å². The molecular weight excluding hydrogens is 246 g/mol. The summed E-state index contributed by atoms with van der Waals surface area (Å²) < 4.78 is 5.94. The molecule has 0 radical (unpaired) electrons. The van der Waals surface area contributed by atoms with E-state index >= 15 is 0 Å². The highest BCUT2D eigenvalue weighted by Crippen LogP contribution is 2.31. The maximum atomic E-state index is 6.19. The first-order chi connectivity index (χ1) is 8.84. The van der Waals surface area contributed by atoms with E-state index in [9.17, 15) is 0 Å². The van der Waals surface area contributed by atoms with Crippen molar-refractivity contribution in [1.29, 1.82) is 0 Å². The highest BCUT2D eigenvalue weighted by Gasteiger charge is 2.15. The molecule has 2 aromatic carbocycles. The normalized spacial score (nSPS) is 19.3. The minimum atomic E-state index is 0.486. The Hall–Kier alpha value is -1.25. The minimum Gasteiger partial charge on any atom is -0.491 e. The lowest BCUT2D eigenvalue weighted by Crippen LogP contribution is -2.28. The minimum absolute atomic E-state index is 0.486. The van der Waals surface area contributed by atoms with Crippen LogP contribution >= 0.6 is 11.6 Å². The van der Waals surface area contributed by atoms with Gasteiger partial charge in [-0.05, 0) is 31.5 Å². The molecule has 2 aromatic rings. The van der Waals surface area contributed by atoms with Gasteiger partial charge in [0.2, 0.25) is 0 Å². The molecule has 3 heteroatoms. The summed E-state index contributed by atoms with van der Waals surface area (Å²) in [7, 11) is 0. The Bertz CT molecular complexity index is 549. The van der Waals surface area contributed by atoms with Gasteiger partial charge in [0.15, 0.2) is 0 Å². The van der Waals surface area contributed by atoms with Crippen LogP contribution in [0, 0.1) is 0 Å². The van der Waals surface area contributed by atoms with Crippen LogP contribution in [0.3, 0.4) is 0 Å². The molecule has 1 saturated heterocycles. The third kappa shape index (κ3) is 2.31. The van der Waals surface area contributed by atoms with E-state index < -0.39 is 0 Å². The van der Waals surface area contributed by atoms with Gasteiger partial charge < -0.3 is 10.1 Å². The smallest absolute Gasteiger partial charge is 0.127 e. The maximum Gasteiger partial charge on any atom is 0.127 e. The molecule has 3 rings (SSSR count). The number of fused-ring (bicyclic) bond motifs is 1. The lowest BCUT2D eigenvalue weighted by molar-refractivity contribution is 0.280. The molecule has 0 aliphatic carbocycles. The van der Waals surface area contributed by atoms with Gasteiger partial charge in [-0.1, -0.05) is 35.9 Å². The number of hydrogen-bond donors (Lipinski definition) is 1. The Morgan fingerprint density at radius 1 is 1.17 bits per heavy atom. The predicted molar refractivity (Wildman–Crippen MR) is 75.5 cm³/mol. The second-order valence-corrected chi connectivity index (χ2v) is 5.10. The monoisotopic (exact) mass is 261 g/mol. The van der Waals surface area contributed by atoms with Crippen LogP contribution in [0.1, 0.15) is 12.8 Å². The third-order valence-corrected chi connectivity index (χ3v) is 3.76. The Kier molecular flexibility index (Phi) is 3.39. The molecule has 0 spiro atoms. The van der Waals surface area contributed by atoms with Crippen molar-refractivity contribution in [2.45, 2.75) is 18.9 Å². The van der Waals surface area contributed by atoms with E-state index in [0.717, 1.165) is 34.7 Å². The molecule has 0 unspecified atom stereocenters. The molecule has 94 valence electrons. The summed E-state index contributed by atoms with van der Waals surface area (Å²) in [6.45, 7) is 1.83. The highest BCUT2D eigenvalue weighted by molar-refractivity contribution is 6.35. The third-order valence-electron chi connectivity index (χ3n) is 3.43. The number of hydrogen-bond acceptors (Lipinski definition) is 2. The zero-order valence-corrected chi connectivity index (χ0v) is 10.9. The first-order valence-electron chi connectivity index (χ1n) is 6.38. The van der Waals surface area contributed by atoms with Crippen molar-refractivity contribution in [2.75, 3.05) is 13.2 Å². The first-order valence-corrected chi connectivity index (χ1v) is 6.76. The average molecular weight is 262 g/mol. The van der Waals surface area contributed by atoms with Gasteiger partial charge in [-0.2, -0.15) is 0 Å². The van der Waals surface area contributed by atoms with Crippen molar-refractivity contribution in [3.63, 3.8) is 0 Å². The fourth-order valence-electron chi connectivity index (χ4n) is 2.45. The van der Waals surface area contributed by atoms with Crippen LogP contribution in [0.4, 0.5) is 0 Å². The summed E-state index contributed by atoms with van der Waals surface area (Å²) in [6.07, 6.45) is 2.45. The van der Waals surface area contributed by atoms with Crippen LogP contribution in [0.25, 0.3) is 10.8 Å². The number of rotatable bonds is 3. The van der Waals surface area contributed by atoms with Crippen molar-refractivity contribution in [3.8, 4) is 5.75 Å². The SMILES string of the molecule is Clc1ccc(OC[C@H]2CCCN2)c2ccccc12. The molecule has 18 heavy (non-hydrogen) atoms. The molecule has 1 fully saturated rings. The molecule has 1 aliphatic rings.